The summed E-state index contributed by atoms with van der Waals surface area (Å²) in [7, 11) is -5.92. The lowest BCUT2D eigenvalue weighted by Gasteiger charge is -2.13. The minimum atomic E-state index is -5.92. The summed E-state index contributed by atoms with van der Waals surface area (Å²) in [5, 5.41) is 0.493. The molecule has 0 aliphatic carbocycles. The van der Waals surface area contributed by atoms with Gasteiger partial charge in [0.25, 0.3) is 0 Å². The lowest BCUT2D eigenvalue weighted by Crippen LogP contribution is -2.28. The Labute approximate surface area is 204 Å². The largest absolute Gasteiger partial charge is 0.534 e. The quantitative estimate of drug-likeness (QED) is 0.196. The van der Waals surface area contributed by atoms with E-state index in [0.29, 0.717) is 26.6 Å². The van der Waals surface area contributed by atoms with Gasteiger partial charge in [0.15, 0.2) is 5.75 Å². The van der Waals surface area contributed by atoms with Crippen molar-refractivity contribution in [3.8, 4) is 37.8 Å². The standard InChI is InChI=1S/C25H18ClF3O3S2/c1-15-6-8-17(9-7-15)21-22(32-34(30,31)25(27,28)29)24(19-5-3-4-16(2)14-19)33-23(21)18-10-12-20(26)13-11-18/h3-14H,1-2H3. The molecule has 0 aliphatic rings. The molecule has 0 fully saturated rings. The molecule has 1 aromatic heterocycles. The third-order valence-electron chi connectivity index (χ3n) is 5.07. The van der Waals surface area contributed by atoms with Crippen LogP contribution in [0.2, 0.25) is 5.02 Å². The minimum absolute atomic E-state index is 0.261. The average molecular weight is 523 g/mol. The number of aryl methyl sites for hydroxylation is 2. The maximum absolute atomic E-state index is 13.4. The average Bonchev–Trinajstić information content (AvgIpc) is 3.12. The van der Waals surface area contributed by atoms with E-state index < -0.39 is 15.6 Å². The van der Waals surface area contributed by atoms with Crippen LogP contribution in [0.25, 0.3) is 32.0 Å². The first kappa shape index (κ1) is 24.3. The second-order valence-corrected chi connectivity index (χ2v) is 10.7. The Kier molecular flexibility index (Phi) is 6.50. The molecule has 0 atom stereocenters. The van der Waals surface area contributed by atoms with E-state index in [1.54, 1.807) is 66.7 Å². The Bertz CT molecular complexity index is 1440. The lowest BCUT2D eigenvalue weighted by molar-refractivity contribution is -0.0499. The van der Waals surface area contributed by atoms with Crippen molar-refractivity contribution in [2.75, 3.05) is 0 Å². The molecule has 0 saturated carbocycles. The van der Waals surface area contributed by atoms with Crippen molar-refractivity contribution in [3.63, 3.8) is 0 Å². The summed E-state index contributed by atoms with van der Waals surface area (Å²) in [5.74, 6) is -0.360. The van der Waals surface area contributed by atoms with E-state index in [4.69, 9.17) is 15.8 Å². The molecule has 4 rings (SSSR count). The Hall–Kier alpha value is -2.81. The highest BCUT2D eigenvalue weighted by atomic mass is 35.5. The number of rotatable bonds is 5. The molecule has 0 radical (unpaired) electrons. The van der Waals surface area contributed by atoms with E-state index in [-0.39, 0.29) is 16.2 Å². The zero-order valence-corrected chi connectivity index (χ0v) is 20.4. The first-order valence-electron chi connectivity index (χ1n) is 10.0. The molecule has 0 bridgehead atoms. The zero-order valence-electron chi connectivity index (χ0n) is 18.0. The molecule has 0 saturated heterocycles. The Morgan fingerprint density at radius 2 is 1.41 bits per heavy atom. The van der Waals surface area contributed by atoms with Crippen LogP contribution in [0.1, 0.15) is 11.1 Å². The number of benzene rings is 3. The van der Waals surface area contributed by atoms with Crippen LogP contribution in [0.5, 0.6) is 5.75 Å². The molecule has 0 N–H and O–H groups in total. The summed E-state index contributed by atoms with van der Waals surface area (Å²) in [6.45, 7) is 3.71. The van der Waals surface area contributed by atoms with Crippen LogP contribution < -0.4 is 4.18 Å². The van der Waals surface area contributed by atoms with E-state index in [0.717, 1.165) is 22.5 Å². The van der Waals surface area contributed by atoms with Crippen molar-refractivity contribution < 1.29 is 25.8 Å². The molecule has 0 unspecified atom stereocenters. The Morgan fingerprint density at radius 3 is 2.00 bits per heavy atom. The van der Waals surface area contributed by atoms with Gasteiger partial charge in [0.05, 0.1) is 4.88 Å². The van der Waals surface area contributed by atoms with Gasteiger partial charge >= 0.3 is 15.6 Å². The van der Waals surface area contributed by atoms with E-state index in [1.807, 2.05) is 19.9 Å². The molecule has 3 nitrogen and oxygen atoms in total. The molecular formula is C25H18ClF3O3S2. The van der Waals surface area contributed by atoms with Gasteiger partial charge in [-0.05, 0) is 42.7 Å². The van der Waals surface area contributed by atoms with Gasteiger partial charge in [0, 0.05) is 15.5 Å². The van der Waals surface area contributed by atoms with Gasteiger partial charge in [-0.1, -0.05) is 83.4 Å². The van der Waals surface area contributed by atoms with Crippen LogP contribution >= 0.6 is 22.9 Å². The fraction of sp³-hybridized carbons (Fsp3) is 0.120. The first-order chi connectivity index (χ1) is 16.0. The normalized spacial score (nSPS) is 12.1. The lowest BCUT2D eigenvalue weighted by atomic mass is 9.99. The van der Waals surface area contributed by atoms with Crippen LogP contribution in [0.3, 0.4) is 0 Å². The molecule has 0 aliphatic heterocycles. The van der Waals surface area contributed by atoms with E-state index in [9.17, 15) is 21.6 Å². The predicted molar refractivity (Wildman–Crippen MR) is 131 cm³/mol. The number of thiophene rings is 1. The molecule has 0 amide bonds. The van der Waals surface area contributed by atoms with Gasteiger partial charge in [-0.15, -0.1) is 11.3 Å². The summed E-state index contributed by atoms with van der Waals surface area (Å²) < 4.78 is 69.2. The molecule has 4 aromatic rings. The first-order valence-corrected chi connectivity index (χ1v) is 12.6. The van der Waals surface area contributed by atoms with Crippen molar-refractivity contribution in [3.05, 3.63) is 88.9 Å². The predicted octanol–water partition coefficient (Wildman–Crippen LogP) is 8.25. The van der Waals surface area contributed by atoms with Gasteiger partial charge in [0.1, 0.15) is 0 Å². The van der Waals surface area contributed by atoms with Crippen molar-refractivity contribution in [1.82, 2.24) is 0 Å². The van der Waals surface area contributed by atoms with Gasteiger partial charge in [-0.3, -0.25) is 0 Å². The number of alkyl halides is 3. The van der Waals surface area contributed by atoms with Crippen molar-refractivity contribution in [1.29, 1.82) is 0 Å². The van der Waals surface area contributed by atoms with E-state index in [1.165, 1.54) is 0 Å². The summed E-state index contributed by atoms with van der Waals surface area (Å²) >= 11 is 7.19. The molecule has 9 heteroatoms. The van der Waals surface area contributed by atoms with Crippen LogP contribution in [0.4, 0.5) is 13.2 Å². The highest BCUT2D eigenvalue weighted by Gasteiger charge is 2.49. The summed E-state index contributed by atoms with van der Waals surface area (Å²) in [5.41, 5.74) is -1.78. The van der Waals surface area contributed by atoms with E-state index >= 15 is 0 Å². The minimum Gasteiger partial charge on any atom is -0.374 e. The summed E-state index contributed by atoms with van der Waals surface area (Å²) in [6, 6.07) is 20.9. The van der Waals surface area contributed by atoms with E-state index in [2.05, 4.69) is 0 Å². The second kappa shape index (κ2) is 9.09. The van der Waals surface area contributed by atoms with Crippen molar-refractivity contribution >= 4 is 33.1 Å². The number of hydrogen-bond acceptors (Lipinski definition) is 4. The molecule has 1 heterocycles. The fourth-order valence-electron chi connectivity index (χ4n) is 3.42. The number of hydrogen-bond donors (Lipinski definition) is 0. The molecule has 3 aromatic carbocycles. The van der Waals surface area contributed by atoms with Crippen molar-refractivity contribution in [2.24, 2.45) is 0 Å². The fourth-order valence-corrected chi connectivity index (χ4v) is 5.33. The molecule has 34 heavy (non-hydrogen) atoms. The zero-order chi connectivity index (χ0) is 24.7. The van der Waals surface area contributed by atoms with Gasteiger partial charge in [0.2, 0.25) is 0 Å². The van der Waals surface area contributed by atoms with Gasteiger partial charge in [-0.2, -0.15) is 21.6 Å². The molecule has 0 spiro atoms. The van der Waals surface area contributed by atoms with Crippen LogP contribution in [0, 0.1) is 13.8 Å². The van der Waals surface area contributed by atoms with Gasteiger partial charge < -0.3 is 4.18 Å². The topological polar surface area (TPSA) is 43.4 Å². The van der Waals surface area contributed by atoms with Gasteiger partial charge in [-0.25, -0.2) is 0 Å². The number of halogens is 4. The molecular weight excluding hydrogens is 505 g/mol. The smallest absolute Gasteiger partial charge is 0.374 e. The Morgan fingerprint density at radius 1 is 0.794 bits per heavy atom. The van der Waals surface area contributed by atoms with Crippen LogP contribution in [0.15, 0.2) is 72.8 Å². The summed E-state index contributed by atoms with van der Waals surface area (Å²) in [4.78, 5) is 0.835. The Balaban J connectivity index is 2.08. The summed E-state index contributed by atoms with van der Waals surface area (Å²) in [6.07, 6.45) is 0. The maximum Gasteiger partial charge on any atom is 0.534 e. The van der Waals surface area contributed by atoms with Crippen LogP contribution in [-0.4, -0.2) is 13.9 Å². The third kappa shape index (κ3) is 4.85. The highest BCUT2D eigenvalue weighted by molar-refractivity contribution is 7.88. The highest BCUT2D eigenvalue weighted by Crippen LogP contribution is 2.53. The monoisotopic (exact) mass is 522 g/mol. The van der Waals surface area contributed by atoms with Crippen LogP contribution in [-0.2, 0) is 10.1 Å². The SMILES string of the molecule is Cc1ccc(-c2c(-c3ccc(Cl)cc3)sc(-c3cccc(C)c3)c2OS(=O)(=O)C(F)(F)F)cc1. The third-order valence-corrected chi connectivity index (χ3v) is 7.54. The second-order valence-electron chi connectivity index (χ2n) is 7.69. The molecule has 176 valence electrons. The maximum atomic E-state index is 13.4. The van der Waals surface area contributed by atoms with Crippen molar-refractivity contribution in [2.45, 2.75) is 19.4 Å².